The fourth-order valence-electron chi connectivity index (χ4n) is 1.94. The Morgan fingerprint density at radius 1 is 1.58 bits per heavy atom. The van der Waals surface area contributed by atoms with Crippen molar-refractivity contribution in [3.05, 3.63) is 22.9 Å². The average Bonchev–Trinajstić information content (AvgIpc) is 2.39. The van der Waals surface area contributed by atoms with Gasteiger partial charge in [-0.3, -0.25) is 4.98 Å². The van der Waals surface area contributed by atoms with Gasteiger partial charge in [-0.05, 0) is 29.0 Å². The molecule has 0 amide bonds. The van der Waals surface area contributed by atoms with Crippen LogP contribution in [0.4, 0.5) is 0 Å². The maximum atomic E-state index is 12.5. The fraction of sp³-hybridized carbons (Fsp3) is 0.545. The third-order valence-corrected chi connectivity index (χ3v) is 5.12. The summed E-state index contributed by atoms with van der Waals surface area (Å²) in [6, 6.07) is 1.56. The molecule has 8 heteroatoms. The lowest BCUT2D eigenvalue weighted by molar-refractivity contribution is 0.000818. The van der Waals surface area contributed by atoms with Crippen LogP contribution in [0.5, 0.6) is 0 Å². The van der Waals surface area contributed by atoms with Gasteiger partial charge in [0.25, 0.3) is 0 Å². The van der Waals surface area contributed by atoms with E-state index >= 15 is 0 Å². The van der Waals surface area contributed by atoms with E-state index in [1.807, 2.05) is 7.05 Å². The Balaban J connectivity index is 2.19. The Hall–Kier alpha value is -0.540. The number of aromatic nitrogens is 1. The summed E-state index contributed by atoms with van der Waals surface area (Å²) in [7, 11) is -1.69. The predicted octanol–water partition coefficient (Wildman–Crippen LogP) is 0.453. The summed E-state index contributed by atoms with van der Waals surface area (Å²) >= 11 is 3.24. The van der Waals surface area contributed by atoms with Gasteiger partial charge in [0.2, 0.25) is 10.0 Å². The Kier molecular flexibility index (Phi) is 4.91. The molecule has 106 valence electrons. The smallest absolute Gasteiger partial charge is 0.244 e. The molecule has 6 nitrogen and oxygen atoms in total. The first kappa shape index (κ1) is 14.9. The number of ether oxygens (including phenoxy) is 1. The second-order valence-corrected chi connectivity index (χ2v) is 7.11. The second-order valence-electron chi connectivity index (χ2n) is 4.25. The summed E-state index contributed by atoms with van der Waals surface area (Å²) in [5, 5.41) is 2.99. The minimum Gasteiger partial charge on any atom is -0.374 e. The van der Waals surface area contributed by atoms with E-state index in [1.54, 1.807) is 12.3 Å². The number of likely N-dealkylation sites (N-methyl/N-ethyl adjacent to an activating group) is 1. The van der Waals surface area contributed by atoms with Gasteiger partial charge in [0, 0.05) is 36.5 Å². The maximum Gasteiger partial charge on any atom is 0.244 e. The molecule has 1 aliphatic heterocycles. The van der Waals surface area contributed by atoms with Gasteiger partial charge in [0.1, 0.15) is 4.90 Å². The molecule has 19 heavy (non-hydrogen) atoms. The van der Waals surface area contributed by atoms with Crippen molar-refractivity contribution in [2.75, 3.05) is 33.3 Å². The summed E-state index contributed by atoms with van der Waals surface area (Å²) in [6.45, 7) is 1.76. The lowest BCUT2D eigenvalue weighted by Crippen LogP contribution is -2.48. The number of hydrogen-bond donors (Lipinski definition) is 1. The molecular formula is C11H16BrN3O3S. The minimum absolute atomic E-state index is 0.117. The molecule has 0 aliphatic carbocycles. The van der Waals surface area contributed by atoms with E-state index in [0.29, 0.717) is 30.7 Å². The van der Waals surface area contributed by atoms with Crippen LogP contribution in [-0.4, -0.2) is 57.1 Å². The molecule has 1 N–H and O–H groups in total. The second kappa shape index (κ2) is 6.27. The average molecular weight is 350 g/mol. The van der Waals surface area contributed by atoms with Gasteiger partial charge in [-0.2, -0.15) is 4.31 Å². The lowest BCUT2D eigenvalue weighted by atomic mass is 10.3. The van der Waals surface area contributed by atoms with Gasteiger partial charge >= 0.3 is 0 Å². The van der Waals surface area contributed by atoms with Crippen LogP contribution in [-0.2, 0) is 14.8 Å². The zero-order chi connectivity index (χ0) is 13.9. The molecule has 1 saturated heterocycles. The predicted molar refractivity (Wildman–Crippen MR) is 74.4 cm³/mol. The number of rotatable bonds is 4. The van der Waals surface area contributed by atoms with Gasteiger partial charge < -0.3 is 10.1 Å². The van der Waals surface area contributed by atoms with Crippen molar-refractivity contribution >= 4 is 26.0 Å². The van der Waals surface area contributed by atoms with Gasteiger partial charge in [-0.25, -0.2) is 8.42 Å². The van der Waals surface area contributed by atoms with Crippen LogP contribution in [0.25, 0.3) is 0 Å². The highest BCUT2D eigenvalue weighted by Gasteiger charge is 2.30. The molecule has 1 unspecified atom stereocenters. The SMILES string of the molecule is CNCC1CN(S(=O)(=O)c2cncc(Br)c2)CCO1. The molecule has 1 atom stereocenters. The molecule has 1 aromatic heterocycles. The highest BCUT2D eigenvalue weighted by atomic mass is 79.9. The van der Waals surface area contributed by atoms with Crippen LogP contribution < -0.4 is 5.32 Å². The first-order valence-corrected chi connectivity index (χ1v) is 8.14. The van der Waals surface area contributed by atoms with Crippen molar-refractivity contribution in [3.63, 3.8) is 0 Å². The van der Waals surface area contributed by atoms with Crippen molar-refractivity contribution in [1.29, 1.82) is 0 Å². The standard InChI is InChI=1S/C11H16BrN3O3S/c1-13-6-10-8-15(2-3-18-10)19(16,17)11-4-9(12)5-14-7-11/h4-5,7,10,13H,2-3,6,8H2,1H3. The number of halogens is 1. The first-order valence-electron chi connectivity index (χ1n) is 5.91. The molecular weight excluding hydrogens is 334 g/mol. The monoisotopic (exact) mass is 349 g/mol. The number of pyridine rings is 1. The van der Waals surface area contributed by atoms with Crippen LogP contribution in [0.15, 0.2) is 27.8 Å². The maximum absolute atomic E-state index is 12.5. The van der Waals surface area contributed by atoms with Crippen molar-refractivity contribution in [1.82, 2.24) is 14.6 Å². The quantitative estimate of drug-likeness (QED) is 0.854. The number of sulfonamides is 1. The molecule has 0 aromatic carbocycles. The van der Waals surface area contributed by atoms with E-state index in [1.165, 1.54) is 10.5 Å². The van der Waals surface area contributed by atoms with Crippen LogP contribution in [0.1, 0.15) is 0 Å². The Morgan fingerprint density at radius 2 is 2.37 bits per heavy atom. The number of morpholine rings is 1. The van der Waals surface area contributed by atoms with Gasteiger partial charge in [-0.1, -0.05) is 0 Å². The molecule has 0 radical (unpaired) electrons. The van der Waals surface area contributed by atoms with Crippen molar-refractivity contribution in [3.8, 4) is 0 Å². The largest absolute Gasteiger partial charge is 0.374 e. The highest BCUT2D eigenvalue weighted by molar-refractivity contribution is 9.10. The zero-order valence-electron chi connectivity index (χ0n) is 10.5. The summed E-state index contributed by atoms with van der Waals surface area (Å²) in [6.07, 6.45) is 2.80. The summed E-state index contributed by atoms with van der Waals surface area (Å²) in [5.74, 6) is 0. The van der Waals surface area contributed by atoms with Crippen LogP contribution in [0, 0.1) is 0 Å². The molecule has 1 fully saturated rings. The van der Waals surface area contributed by atoms with E-state index < -0.39 is 10.0 Å². The van der Waals surface area contributed by atoms with Crippen LogP contribution in [0.3, 0.4) is 0 Å². The Morgan fingerprint density at radius 3 is 3.05 bits per heavy atom. The summed E-state index contributed by atoms with van der Waals surface area (Å²) < 4.78 is 32.6. The molecule has 0 saturated carbocycles. The molecule has 1 aliphatic rings. The van der Waals surface area contributed by atoms with E-state index in [-0.39, 0.29) is 11.0 Å². The van der Waals surface area contributed by atoms with Crippen molar-refractivity contribution in [2.24, 2.45) is 0 Å². The molecule has 1 aromatic rings. The van der Waals surface area contributed by atoms with Crippen molar-refractivity contribution < 1.29 is 13.2 Å². The highest BCUT2D eigenvalue weighted by Crippen LogP contribution is 2.20. The lowest BCUT2D eigenvalue weighted by Gasteiger charge is -2.32. The van der Waals surface area contributed by atoms with E-state index in [9.17, 15) is 8.42 Å². The number of hydrogen-bond acceptors (Lipinski definition) is 5. The first-order chi connectivity index (χ1) is 9.04. The zero-order valence-corrected chi connectivity index (χ0v) is 12.9. The number of nitrogens with zero attached hydrogens (tertiary/aromatic N) is 2. The Bertz CT molecular complexity index is 536. The number of nitrogens with one attached hydrogen (secondary N) is 1. The summed E-state index contributed by atoms with van der Waals surface area (Å²) in [5.41, 5.74) is 0. The topological polar surface area (TPSA) is 71.5 Å². The van der Waals surface area contributed by atoms with E-state index in [0.717, 1.165) is 0 Å². The third-order valence-electron chi connectivity index (χ3n) is 2.85. The molecule has 0 bridgehead atoms. The molecule has 2 heterocycles. The van der Waals surface area contributed by atoms with Gasteiger partial charge in [-0.15, -0.1) is 0 Å². The fourth-order valence-corrected chi connectivity index (χ4v) is 3.91. The molecule has 2 rings (SSSR count). The van der Waals surface area contributed by atoms with Crippen LogP contribution >= 0.6 is 15.9 Å². The Labute approximate surface area is 121 Å². The van der Waals surface area contributed by atoms with E-state index in [4.69, 9.17) is 4.74 Å². The van der Waals surface area contributed by atoms with Crippen LogP contribution in [0.2, 0.25) is 0 Å². The van der Waals surface area contributed by atoms with Crippen molar-refractivity contribution in [2.45, 2.75) is 11.0 Å². The van der Waals surface area contributed by atoms with E-state index in [2.05, 4.69) is 26.2 Å². The third kappa shape index (κ3) is 3.51. The van der Waals surface area contributed by atoms with Gasteiger partial charge in [0.15, 0.2) is 0 Å². The summed E-state index contributed by atoms with van der Waals surface area (Å²) in [4.78, 5) is 4.11. The normalized spacial score (nSPS) is 21.5. The minimum atomic E-state index is -3.50. The van der Waals surface area contributed by atoms with Gasteiger partial charge in [0.05, 0.1) is 12.7 Å². The molecule has 0 spiro atoms.